The second kappa shape index (κ2) is 5.28. The van der Waals surface area contributed by atoms with Gasteiger partial charge in [-0.3, -0.25) is 0 Å². The monoisotopic (exact) mass is 328 g/mol. The van der Waals surface area contributed by atoms with E-state index in [0.717, 1.165) is 4.88 Å². The molecule has 0 amide bonds. The molecule has 0 radical (unpaired) electrons. The Labute approximate surface area is 142 Å². The Morgan fingerprint density at radius 1 is 0.792 bits per heavy atom. The molecule has 1 aliphatic rings. The molecule has 2 aromatic carbocycles. The predicted octanol–water partition coefficient (Wildman–Crippen LogP) is 5.37. The van der Waals surface area contributed by atoms with Gasteiger partial charge in [-0.15, -0.1) is 21.5 Å². The van der Waals surface area contributed by atoms with Crippen molar-refractivity contribution in [2.24, 2.45) is 0 Å². The van der Waals surface area contributed by atoms with Crippen LogP contribution >= 0.6 is 11.3 Å². The number of hydrogen-bond donors (Lipinski definition) is 0. The first kappa shape index (κ1) is 13.5. The molecule has 1 aliphatic carbocycles. The van der Waals surface area contributed by atoms with Gasteiger partial charge < -0.3 is 4.42 Å². The lowest BCUT2D eigenvalue weighted by Gasteiger charge is -2.01. The summed E-state index contributed by atoms with van der Waals surface area (Å²) in [5.74, 6) is 0.567. The zero-order valence-electron chi connectivity index (χ0n) is 12.6. The van der Waals surface area contributed by atoms with Crippen molar-refractivity contribution < 1.29 is 4.42 Å². The minimum absolute atomic E-state index is 0.567. The molecule has 2 heterocycles. The maximum atomic E-state index is 5.28. The highest BCUT2D eigenvalue weighted by Crippen LogP contribution is 2.45. The van der Waals surface area contributed by atoms with E-state index >= 15 is 0 Å². The number of fused-ring (bicyclic) bond motifs is 3. The lowest BCUT2D eigenvalue weighted by atomic mass is 10.0. The summed E-state index contributed by atoms with van der Waals surface area (Å²) in [6.07, 6.45) is 3.60. The lowest BCUT2D eigenvalue weighted by molar-refractivity contribution is 0.570. The minimum atomic E-state index is 0.567. The Bertz CT molecular complexity index is 1010. The van der Waals surface area contributed by atoms with E-state index in [-0.39, 0.29) is 0 Å². The minimum Gasteiger partial charge on any atom is -0.423 e. The molecule has 0 aliphatic heterocycles. The topological polar surface area (TPSA) is 38.9 Å². The quantitative estimate of drug-likeness (QED) is 0.437. The molecule has 0 N–H and O–H groups in total. The Morgan fingerprint density at radius 3 is 2.08 bits per heavy atom. The van der Waals surface area contributed by atoms with E-state index in [0.29, 0.717) is 5.89 Å². The number of thiophene rings is 1. The number of nitrogens with zero attached hydrogens (tertiary/aromatic N) is 2. The Kier molecular flexibility index (Phi) is 2.96. The maximum Gasteiger partial charge on any atom is 0.257 e. The average molecular weight is 328 g/mol. The van der Waals surface area contributed by atoms with Gasteiger partial charge in [-0.25, -0.2) is 0 Å². The number of rotatable bonds is 2. The molecule has 24 heavy (non-hydrogen) atoms. The molecule has 3 nitrogen and oxygen atoms in total. The van der Waals surface area contributed by atoms with E-state index in [4.69, 9.17) is 4.42 Å². The first-order valence-corrected chi connectivity index (χ1v) is 8.49. The molecule has 0 saturated heterocycles. The third-order valence-electron chi connectivity index (χ3n) is 4.21. The molecule has 0 saturated carbocycles. The van der Waals surface area contributed by atoms with Gasteiger partial charge in [0.05, 0.1) is 4.88 Å². The summed E-state index contributed by atoms with van der Waals surface area (Å²) in [5.41, 5.74) is 6.43. The van der Waals surface area contributed by atoms with Crippen molar-refractivity contribution in [1.29, 1.82) is 0 Å². The van der Waals surface area contributed by atoms with Crippen LogP contribution in [0.5, 0.6) is 0 Å². The van der Waals surface area contributed by atoms with Crippen molar-refractivity contribution in [2.45, 2.75) is 0 Å². The highest BCUT2D eigenvalue weighted by atomic mass is 32.1. The molecule has 114 valence electrons. The van der Waals surface area contributed by atoms with E-state index in [2.05, 4.69) is 70.9 Å². The van der Waals surface area contributed by atoms with Gasteiger partial charge in [-0.05, 0) is 46.0 Å². The van der Waals surface area contributed by atoms with Crippen LogP contribution < -0.4 is 0 Å². The predicted molar refractivity (Wildman–Crippen MR) is 96.5 cm³/mol. The average Bonchev–Trinajstić information content (AvgIpc) is 3.35. The van der Waals surface area contributed by atoms with Crippen LogP contribution in [0.4, 0.5) is 0 Å². The Morgan fingerprint density at radius 2 is 1.46 bits per heavy atom. The summed E-state index contributed by atoms with van der Waals surface area (Å²) in [7, 11) is 0. The van der Waals surface area contributed by atoms with Gasteiger partial charge in [0.15, 0.2) is 0 Å². The van der Waals surface area contributed by atoms with E-state index < -0.39 is 0 Å². The first-order valence-electron chi connectivity index (χ1n) is 7.67. The van der Waals surface area contributed by atoms with E-state index in [1.165, 1.54) is 39.1 Å². The summed E-state index contributed by atoms with van der Waals surface area (Å²) in [6.45, 7) is 0. The molecule has 0 fully saturated rings. The SMILES string of the molecule is C(=C1c2ccccc2-c2ccccc21)c1ccc(-c2nnco2)s1. The van der Waals surface area contributed by atoms with Crippen LogP contribution in [0.2, 0.25) is 0 Å². The van der Waals surface area contributed by atoms with Crippen LogP contribution in [0.25, 0.3) is 33.5 Å². The standard InChI is InChI=1S/C20H12N2OS/c1-3-7-16-14(5-1)15-6-2-4-8-17(15)18(16)11-13-9-10-19(24-13)20-22-21-12-23-20/h1-12H. The van der Waals surface area contributed by atoms with Crippen molar-refractivity contribution in [3.05, 3.63) is 83.1 Å². The smallest absolute Gasteiger partial charge is 0.257 e. The van der Waals surface area contributed by atoms with Crippen LogP contribution in [0.15, 0.2) is 71.5 Å². The number of benzene rings is 2. The fourth-order valence-corrected chi connectivity index (χ4v) is 4.05. The van der Waals surface area contributed by atoms with Gasteiger partial charge in [0.1, 0.15) is 0 Å². The molecule has 0 atom stereocenters. The number of aromatic nitrogens is 2. The van der Waals surface area contributed by atoms with Crippen LogP contribution in [0.3, 0.4) is 0 Å². The Hall–Kier alpha value is -2.98. The van der Waals surface area contributed by atoms with E-state index in [1.807, 2.05) is 6.07 Å². The molecule has 0 unspecified atom stereocenters. The first-order chi connectivity index (χ1) is 11.9. The van der Waals surface area contributed by atoms with Crippen LogP contribution in [-0.2, 0) is 0 Å². The van der Waals surface area contributed by atoms with Crippen molar-refractivity contribution in [1.82, 2.24) is 10.2 Å². The van der Waals surface area contributed by atoms with E-state index in [1.54, 1.807) is 11.3 Å². The maximum absolute atomic E-state index is 5.28. The molecule has 4 aromatic rings. The largest absolute Gasteiger partial charge is 0.423 e. The van der Waals surface area contributed by atoms with Crippen LogP contribution in [-0.4, -0.2) is 10.2 Å². The highest BCUT2D eigenvalue weighted by molar-refractivity contribution is 7.16. The van der Waals surface area contributed by atoms with Gasteiger partial charge >= 0.3 is 0 Å². The molecular weight excluding hydrogens is 316 g/mol. The fraction of sp³-hybridized carbons (Fsp3) is 0. The summed E-state index contributed by atoms with van der Waals surface area (Å²) >= 11 is 1.65. The zero-order valence-corrected chi connectivity index (χ0v) is 13.5. The summed E-state index contributed by atoms with van der Waals surface area (Å²) in [5, 5.41) is 7.72. The number of hydrogen-bond acceptors (Lipinski definition) is 4. The van der Waals surface area contributed by atoms with Crippen molar-refractivity contribution >= 4 is 23.0 Å². The summed E-state index contributed by atoms with van der Waals surface area (Å²) < 4.78 is 5.28. The fourth-order valence-electron chi connectivity index (χ4n) is 3.17. The molecule has 0 spiro atoms. The van der Waals surface area contributed by atoms with Gasteiger partial charge in [0.2, 0.25) is 6.39 Å². The van der Waals surface area contributed by atoms with Crippen LogP contribution in [0, 0.1) is 0 Å². The summed E-state index contributed by atoms with van der Waals surface area (Å²) in [4.78, 5) is 2.16. The van der Waals surface area contributed by atoms with E-state index in [9.17, 15) is 0 Å². The van der Waals surface area contributed by atoms with Gasteiger partial charge in [-0.1, -0.05) is 48.5 Å². The third-order valence-corrected chi connectivity index (χ3v) is 5.23. The van der Waals surface area contributed by atoms with Crippen molar-refractivity contribution in [3.63, 3.8) is 0 Å². The lowest BCUT2D eigenvalue weighted by Crippen LogP contribution is -1.79. The second-order valence-corrected chi connectivity index (χ2v) is 6.71. The van der Waals surface area contributed by atoms with Gasteiger partial charge in [-0.2, -0.15) is 0 Å². The molecular formula is C20H12N2OS. The van der Waals surface area contributed by atoms with Gasteiger partial charge in [0, 0.05) is 4.88 Å². The summed E-state index contributed by atoms with van der Waals surface area (Å²) in [6, 6.07) is 21.3. The third kappa shape index (κ3) is 2.04. The molecule has 0 bridgehead atoms. The van der Waals surface area contributed by atoms with Gasteiger partial charge in [0.25, 0.3) is 5.89 Å². The molecule has 5 rings (SSSR count). The highest BCUT2D eigenvalue weighted by Gasteiger charge is 2.22. The van der Waals surface area contributed by atoms with Crippen molar-refractivity contribution in [2.75, 3.05) is 0 Å². The molecule has 4 heteroatoms. The van der Waals surface area contributed by atoms with Crippen LogP contribution in [0.1, 0.15) is 16.0 Å². The zero-order chi connectivity index (χ0) is 15.9. The Balaban J connectivity index is 1.65. The molecule has 2 aromatic heterocycles. The second-order valence-electron chi connectivity index (χ2n) is 5.60. The van der Waals surface area contributed by atoms with Crippen molar-refractivity contribution in [3.8, 4) is 21.9 Å². The normalized spacial score (nSPS) is 12.1.